The molecule has 1 N–H and O–H groups in total. The smallest absolute Gasteiger partial charge is 0.416 e. The highest BCUT2D eigenvalue weighted by molar-refractivity contribution is 7.80. The number of nitrogens with one attached hydrogen (secondary N) is 1. The Labute approximate surface area is 207 Å². The zero-order chi connectivity index (χ0) is 25.9. The van der Waals surface area contributed by atoms with Crippen molar-refractivity contribution in [1.29, 1.82) is 0 Å². The van der Waals surface area contributed by atoms with Gasteiger partial charge in [-0.3, -0.25) is 4.79 Å². The van der Waals surface area contributed by atoms with E-state index >= 15 is 0 Å². The van der Waals surface area contributed by atoms with Crippen LogP contribution >= 0.6 is 12.2 Å². The molecule has 3 rings (SSSR count). The summed E-state index contributed by atoms with van der Waals surface area (Å²) in [5.74, 6) is -1.51. The molecule has 0 aliphatic carbocycles. The summed E-state index contributed by atoms with van der Waals surface area (Å²) in [6.45, 7) is 7.57. The fourth-order valence-electron chi connectivity index (χ4n) is 4.41. The predicted octanol–water partition coefficient (Wildman–Crippen LogP) is 5.51. The molecule has 0 saturated carbocycles. The van der Waals surface area contributed by atoms with Crippen LogP contribution < -0.4 is 5.32 Å². The molecule has 2 aromatic rings. The molecule has 0 unspecified atom stereocenters. The Bertz CT molecular complexity index is 1110. The molecule has 1 heterocycles. The molecule has 186 valence electrons. The number of amides is 1. The zero-order valence-corrected chi connectivity index (χ0v) is 20.2. The Hall–Kier alpha value is -3.20. The summed E-state index contributed by atoms with van der Waals surface area (Å²) in [6, 6.07) is 10.7. The van der Waals surface area contributed by atoms with Crippen LogP contribution in [-0.4, -0.2) is 30.1 Å². The summed E-state index contributed by atoms with van der Waals surface area (Å²) in [6.07, 6.45) is -2.48. The number of allylic oxidation sites excluding steroid dienone is 1. The third-order valence-electron chi connectivity index (χ3n) is 6.21. The van der Waals surface area contributed by atoms with Crippen LogP contribution in [0.1, 0.15) is 46.8 Å². The van der Waals surface area contributed by atoms with Crippen LogP contribution in [0.5, 0.6) is 0 Å². The molecule has 5 nitrogen and oxygen atoms in total. The number of carbonyl (C=O) groups is 2. The second-order valence-corrected chi connectivity index (χ2v) is 8.70. The molecule has 2 atom stereocenters. The van der Waals surface area contributed by atoms with Crippen molar-refractivity contribution in [2.45, 2.75) is 38.4 Å². The fraction of sp³-hybridized carbons (Fsp3) is 0.346. The molecule has 1 saturated heterocycles. The number of thiocarbonyl (C=S) groups is 1. The SMILES string of the molecule is C=CC[C@@]1([C@@](NC(=O)c2ccc(C(F)(F)F)cc2)(C(=O)OCC)c2ccc(C)cc2)CCOC1=S. The first kappa shape index (κ1) is 26.4. The van der Waals surface area contributed by atoms with Crippen molar-refractivity contribution in [3.63, 3.8) is 0 Å². The number of carbonyl (C=O) groups excluding carboxylic acids is 2. The summed E-state index contributed by atoms with van der Waals surface area (Å²) < 4.78 is 50.2. The van der Waals surface area contributed by atoms with Crippen molar-refractivity contribution in [3.05, 3.63) is 83.4 Å². The van der Waals surface area contributed by atoms with Gasteiger partial charge in [-0.2, -0.15) is 13.2 Å². The van der Waals surface area contributed by atoms with Gasteiger partial charge in [-0.05, 0) is 68.7 Å². The van der Waals surface area contributed by atoms with Crippen LogP contribution in [0.4, 0.5) is 13.2 Å². The Kier molecular flexibility index (Phi) is 7.69. The lowest BCUT2D eigenvalue weighted by atomic mass is 9.63. The van der Waals surface area contributed by atoms with Gasteiger partial charge in [0.1, 0.15) is 0 Å². The van der Waals surface area contributed by atoms with E-state index in [0.29, 0.717) is 5.56 Å². The molecule has 2 aromatic carbocycles. The van der Waals surface area contributed by atoms with Crippen LogP contribution in [0.15, 0.2) is 61.2 Å². The molecular weight excluding hydrogens is 479 g/mol. The zero-order valence-electron chi connectivity index (χ0n) is 19.4. The molecule has 0 bridgehead atoms. The third kappa shape index (κ3) is 4.82. The van der Waals surface area contributed by atoms with Crippen LogP contribution in [-0.2, 0) is 26.0 Å². The number of halogens is 3. The normalized spacial score (nSPS) is 19.4. The summed E-state index contributed by atoms with van der Waals surface area (Å²) in [5, 5.41) is 2.94. The van der Waals surface area contributed by atoms with Gasteiger partial charge < -0.3 is 14.8 Å². The standard InChI is InChI=1S/C26H26F3NO4S/c1-4-14-24(15-16-34-23(24)35)25(22(32)33-5-2,19-10-6-17(3)7-11-19)30-21(31)18-8-12-20(13-9-18)26(27,28)29/h4,6-13H,1,5,14-16H2,2-3H3,(H,30,31)/t24-,25+/m1/s1. The molecule has 35 heavy (non-hydrogen) atoms. The maximum Gasteiger partial charge on any atom is 0.416 e. The van der Waals surface area contributed by atoms with Gasteiger partial charge in [-0.1, -0.05) is 35.9 Å². The Morgan fingerprint density at radius 2 is 1.74 bits per heavy atom. The van der Waals surface area contributed by atoms with Crippen molar-refractivity contribution in [2.75, 3.05) is 13.2 Å². The van der Waals surface area contributed by atoms with Gasteiger partial charge in [0.15, 0.2) is 10.6 Å². The summed E-state index contributed by atoms with van der Waals surface area (Å²) in [5.41, 5.74) is -2.65. The quantitative estimate of drug-likeness (QED) is 0.291. The van der Waals surface area contributed by atoms with Gasteiger partial charge in [0.2, 0.25) is 0 Å². The van der Waals surface area contributed by atoms with E-state index in [4.69, 9.17) is 21.7 Å². The van der Waals surface area contributed by atoms with Crippen molar-refractivity contribution in [1.82, 2.24) is 5.32 Å². The second kappa shape index (κ2) is 10.2. The first-order valence-electron chi connectivity index (χ1n) is 11.0. The van der Waals surface area contributed by atoms with Crippen molar-refractivity contribution < 1.29 is 32.2 Å². The molecule has 1 amide bonds. The molecule has 0 radical (unpaired) electrons. The lowest BCUT2D eigenvalue weighted by Gasteiger charge is -2.45. The molecular formula is C26H26F3NO4S. The predicted molar refractivity (Wildman–Crippen MR) is 129 cm³/mol. The number of hydrogen-bond donors (Lipinski definition) is 1. The van der Waals surface area contributed by atoms with E-state index in [0.717, 1.165) is 29.8 Å². The maximum absolute atomic E-state index is 13.8. The number of benzene rings is 2. The van der Waals surface area contributed by atoms with Crippen LogP contribution in [0.3, 0.4) is 0 Å². The van der Waals surface area contributed by atoms with Crippen LogP contribution in [0.25, 0.3) is 0 Å². The maximum atomic E-state index is 13.8. The van der Waals surface area contributed by atoms with Crippen LogP contribution in [0.2, 0.25) is 0 Å². The summed E-state index contributed by atoms with van der Waals surface area (Å²) >= 11 is 5.57. The number of ether oxygens (including phenoxy) is 2. The van der Waals surface area contributed by atoms with Gasteiger partial charge >= 0.3 is 12.1 Å². The average Bonchev–Trinajstić information content (AvgIpc) is 3.19. The molecule has 0 spiro atoms. The molecule has 1 aliphatic rings. The van der Waals surface area contributed by atoms with E-state index in [9.17, 15) is 22.8 Å². The largest absolute Gasteiger partial charge is 0.486 e. The van der Waals surface area contributed by atoms with Gasteiger partial charge in [0, 0.05) is 5.56 Å². The van der Waals surface area contributed by atoms with Crippen molar-refractivity contribution in [2.24, 2.45) is 5.41 Å². The number of hydrogen-bond acceptors (Lipinski definition) is 5. The van der Waals surface area contributed by atoms with Gasteiger partial charge in [-0.15, -0.1) is 6.58 Å². The van der Waals surface area contributed by atoms with E-state index < -0.39 is 34.6 Å². The molecule has 1 aliphatic heterocycles. The van der Waals surface area contributed by atoms with Crippen LogP contribution in [0, 0.1) is 12.3 Å². The minimum absolute atomic E-state index is 0.0282. The monoisotopic (exact) mass is 505 g/mol. The van der Waals surface area contributed by atoms with E-state index in [-0.39, 0.29) is 36.7 Å². The molecule has 9 heteroatoms. The highest BCUT2D eigenvalue weighted by Crippen LogP contribution is 2.51. The number of rotatable bonds is 8. The molecule has 1 fully saturated rings. The van der Waals surface area contributed by atoms with Gasteiger partial charge in [0.25, 0.3) is 5.91 Å². The van der Waals surface area contributed by atoms with E-state index in [1.807, 2.05) is 6.92 Å². The first-order valence-corrected chi connectivity index (χ1v) is 11.4. The lowest BCUT2D eigenvalue weighted by molar-refractivity contribution is -0.156. The Morgan fingerprint density at radius 3 is 2.23 bits per heavy atom. The summed E-state index contributed by atoms with van der Waals surface area (Å²) in [7, 11) is 0. The first-order chi connectivity index (χ1) is 16.5. The fourth-order valence-corrected chi connectivity index (χ4v) is 4.83. The molecule has 0 aromatic heterocycles. The average molecular weight is 506 g/mol. The van der Waals surface area contributed by atoms with Crippen molar-refractivity contribution in [3.8, 4) is 0 Å². The third-order valence-corrected chi connectivity index (χ3v) is 6.71. The van der Waals surface area contributed by atoms with E-state index in [2.05, 4.69) is 11.9 Å². The Balaban J connectivity index is 2.22. The summed E-state index contributed by atoms with van der Waals surface area (Å²) in [4.78, 5) is 27.3. The number of alkyl halides is 3. The second-order valence-electron chi connectivity index (χ2n) is 8.33. The van der Waals surface area contributed by atoms with E-state index in [1.54, 1.807) is 37.3 Å². The Morgan fingerprint density at radius 1 is 1.14 bits per heavy atom. The highest BCUT2D eigenvalue weighted by Gasteiger charge is 2.64. The van der Waals surface area contributed by atoms with Gasteiger partial charge in [-0.25, -0.2) is 4.79 Å². The minimum atomic E-state index is -4.55. The highest BCUT2D eigenvalue weighted by atomic mass is 32.1. The van der Waals surface area contributed by atoms with Crippen molar-refractivity contribution >= 4 is 29.1 Å². The lowest BCUT2D eigenvalue weighted by Crippen LogP contribution is -2.64. The minimum Gasteiger partial charge on any atom is -0.486 e. The number of esters is 1. The van der Waals surface area contributed by atoms with E-state index in [1.165, 1.54) is 0 Å². The van der Waals surface area contributed by atoms with Gasteiger partial charge in [0.05, 0.1) is 24.2 Å². The number of aryl methyl sites for hydroxylation is 1. The topological polar surface area (TPSA) is 64.6 Å².